The fourth-order valence-corrected chi connectivity index (χ4v) is 4.19. The third-order valence-corrected chi connectivity index (χ3v) is 5.89. The van der Waals surface area contributed by atoms with Crippen LogP contribution in [0.4, 0.5) is 0 Å². The van der Waals surface area contributed by atoms with E-state index in [4.69, 9.17) is 14.2 Å². The molecule has 4 rings (SSSR count). The van der Waals surface area contributed by atoms with Gasteiger partial charge in [0.2, 0.25) is 0 Å². The molecule has 0 aromatic heterocycles. The zero-order valence-electron chi connectivity index (χ0n) is 16.0. The maximum atomic E-state index is 6.20. The molecule has 2 saturated heterocycles. The average Bonchev–Trinajstić information content (AvgIpc) is 2.75. The van der Waals surface area contributed by atoms with Gasteiger partial charge in [-0.05, 0) is 79.1 Å². The van der Waals surface area contributed by atoms with E-state index < -0.39 is 0 Å². The van der Waals surface area contributed by atoms with Crippen LogP contribution in [0.3, 0.4) is 0 Å². The van der Waals surface area contributed by atoms with Gasteiger partial charge in [0.25, 0.3) is 0 Å². The van der Waals surface area contributed by atoms with Crippen LogP contribution in [-0.4, -0.2) is 19.5 Å². The topological polar surface area (TPSA) is 27.7 Å². The molecule has 2 fully saturated rings. The highest BCUT2D eigenvalue weighted by Gasteiger charge is 2.20. The molecule has 1 radical (unpaired) electrons. The van der Waals surface area contributed by atoms with E-state index >= 15 is 0 Å². The molecule has 0 amide bonds. The van der Waals surface area contributed by atoms with Crippen LogP contribution in [-0.2, 0) is 9.47 Å². The van der Waals surface area contributed by atoms with Gasteiger partial charge in [0.05, 0.1) is 12.7 Å². The first-order valence-electron chi connectivity index (χ1n) is 10.2. The zero-order valence-corrected chi connectivity index (χ0v) is 17.6. The predicted molar refractivity (Wildman–Crippen MR) is 115 cm³/mol. The molecular formula is C24H26BrO3. The molecule has 0 spiro atoms. The van der Waals surface area contributed by atoms with E-state index in [-0.39, 0.29) is 12.4 Å². The first-order valence-corrected chi connectivity index (χ1v) is 11.0. The molecule has 4 heteroatoms. The summed E-state index contributed by atoms with van der Waals surface area (Å²) >= 11 is 3.76. The van der Waals surface area contributed by atoms with Crippen molar-refractivity contribution in [3.8, 4) is 5.75 Å². The molecule has 0 N–H and O–H groups in total. The Morgan fingerprint density at radius 3 is 2.50 bits per heavy atom. The van der Waals surface area contributed by atoms with Gasteiger partial charge in [-0.3, -0.25) is 0 Å². The van der Waals surface area contributed by atoms with Gasteiger partial charge in [0.1, 0.15) is 5.75 Å². The molecule has 0 bridgehead atoms. The minimum absolute atomic E-state index is 0.134. The quantitative estimate of drug-likeness (QED) is 0.493. The second-order valence-corrected chi connectivity index (χ2v) is 8.24. The fraction of sp³-hybridized carbons (Fsp3) is 0.417. The van der Waals surface area contributed by atoms with Gasteiger partial charge >= 0.3 is 0 Å². The summed E-state index contributed by atoms with van der Waals surface area (Å²) in [6.45, 7) is 1.60. The Hall–Kier alpha value is -1.62. The van der Waals surface area contributed by atoms with Crippen molar-refractivity contribution in [1.29, 1.82) is 0 Å². The zero-order chi connectivity index (χ0) is 19.2. The number of hydrogen-bond donors (Lipinski definition) is 0. The second-order valence-electron chi connectivity index (χ2n) is 7.39. The maximum Gasteiger partial charge on any atom is 0.199 e. The lowest BCUT2D eigenvalue weighted by Gasteiger charge is -2.26. The van der Waals surface area contributed by atoms with E-state index in [0.717, 1.165) is 66.7 Å². The Bertz CT molecular complexity index is 791. The van der Waals surface area contributed by atoms with Crippen LogP contribution < -0.4 is 4.74 Å². The van der Waals surface area contributed by atoms with Crippen LogP contribution in [0.5, 0.6) is 5.75 Å². The predicted octanol–water partition coefficient (Wildman–Crippen LogP) is 6.53. The van der Waals surface area contributed by atoms with Crippen LogP contribution in [0.1, 0.15) is 61.3 Å². The summed E-state index contributed by atoms with van der Waals surface area (Å²) < 4.78 is 19.0. The highest BCUT2D eigenvalue weighted by Crippen LogP contribution is 2.35. The summed E-state index contributed by atoms with van der Waals surface area (Å²) in [6, 6.07) is 17.4. The maximum absolute atomic E-state index is 6.20. The number of rotatable bonds is 5. The summed E-state index contributed by atoms with van der Waals surface area (Å²) in [5, 5.41) is 0. The lowest BCUT2D eigenvalue weighted by Crippen LogP contribution is -2.25. The Balaban J connectivity index is 1.63. The molecule has 2 aromatic rings. The molecule has 0 aliphatic carbocycles. The first kappa shape index (κ1) is 19.7. The monoisotopic (exact) mass is 441 g/mol. The van der Waals surface area contributed by atoms with Crippen molar-refractivity contribution in [2.24, 2.45) is 0 Å². The largest absolute Gasteiger partial charge is 0.465 e. The second kappa shape index (κ2) is 9.73. The van der Waals surface area contributed by atoms with Crippen LogP contribution in [0.15, 0.2) is 42.5 Å². The van der Waals surface area contributed by atoms with Gasteiger partial charge in [-0.1, -0.05) is 40.2 Å². The Kier molecular flexibility index (Phi) is 6.84. The SMILES string of the molecule is BrC(=Cc1cc[c]cc1)c1cc(OC2CCCCO2)cc(C2CCCCO2)c1. The summed E-state index contributed by atoms with van der Waals surface area (Å²) in [6.07, 6.45) is 8.71. The number of hydrogen-bond acceptors (Lipinski definition) is 3. The Labute approximate surface area is 175 Å². The normalized spacial score (nSPS) is 23.4. The molecular weight excluding hydrogens is 416 g/mol. The minimum Gasteiger partial charge on any atom is -0.465 e. The minimum atomic E-state index is -0.156. The highest BCUT2D eigenvalue weighted by molar-refractivity contribution is 9.15. The van der Waals surface area contributed by atoms with Crippen molar-refractivity contribution >= 4 is 26.5 Å². The third kappa shape index (κ3) is 5.25. The van der Waals surface area contributed by atoms with Crippen molar-refractivity contribution in [3.05, 3.63) is 65.2 Å². The number of benzene rings is 2. The lowest BCUT2D eigenvalue weighted by molar-refractivity contribution is -0.106. The van der Waals surface area contributed by atoms with Crippen LogP contribution in [0.2, 0.25) is 0 Å². The molecule has 2 heterocycles. The highest BCUT2D eigenvalue weighted by atomic mass is 79.9. The lowest BCUT2D eigenvalue weighted by atomic mass is 9.98. The molecule has 147 valence electrons. The number of ether oxygens (including phenoxy) is 3. The molecule has 2 unspecified atom stereocenters. The smallest absolute Gasteiger partial charge is 0.199 e. The summed E-state index contributed by atoms with van der Waals surface area (Å²) in [5.74, 6) is 0.848. The summed E-state index contributed by atoms with van der Waals surface area (Å²) in [7, 11) is 0. The average molecular weight is 442 g/mol. The van der Waals surface area contributed by atoms with Gasteiger partial charge in [-0.2, -0.15) is 0 Å². The van der Waals surface area contributed by atoms with Crippen molar-refractivity contribution in [3.63, 3.8) is 0 Å². The van der Waals surface area contributed by atoms with E-state index in [2.05, 4.69) is 46.3 Å². The van der Waals surface area contributed by atoms with E-state index in [1.807, 2.05) is 24.3 Å². The van der Waals surface area contributed by atoms with Crippen molar-refractivity contribution in [1.82, 2.24) is 0 Å². The molecule has 0 saturated carbocycles. The van der Waals surface area contributed by atoms with Gasteiger partial charge < -0.3 is 14.2 Å². The fourth-order valence-electron chi connectivity index (χ4n) is 3.70. The van der Waals surface area contributed by atoms with E-state index in [9.17, 15) is 0 Å². The van der Waals surface area contributed by atoms with Crippen LogP contribution >= 0.6 is 15.9 Å². The molecule has 2 aromatic carbocycles. The molecule has 2 atom stereocenters. The van der Waals surface area contributed by atoms with Crippen molar-refractivity contribution in [2.45, 2.75) is 50.9 Å². The van der Waals surface area contributed by atoms with E-state index in [0.29, 0.717) is 0 Å². The van der Waals surface area contributed by atoms with Gasteiger partial charge in [0.15, 0.2) is 6.29 Å². The standard InChI is InChI=1S/C24H26BrO3/c25-22(14-18-8-2-1-3-9-18)19-15-20(23-10-4-6-12-26-23)17-21(16-19)28-24-11-5-7-13-27-24/h2-3,8-9,14-17,23-24H,4-7,10-13H2. The summed E-state index contributed by atoms with van der Waals surface area (Å²) in [5.41, 5.74) is 3.39. The molecule has 28 heavy (non-hydrogen) atoms. The van der Waals surface area contributed by atoms with Crippen LogP contribution in [0, 0.1) is 6.07 Å². The van der Waals surface area contributed by atoms with Crippen LogP contribution in [0.25, 0.3) is 10.6 Å². The van der Waals surface area contributed by atoms with Gasteiger partial charge in [0, 0.05) is 17.5 Å². The molecule has 2 aliphatic heterocycles. The van der Waals surface area contributed by atoms with Gasteiger partial charge in [-0.15, -0.1) is 0 Å². The van der Waals surface area contributed by atoms with Crippen molar-refractivity contribution in [2.75, 3.05) is 13.2 Å². The molecule has 2 aliphatic rings. The van der Waals surface area contributed by atoms with Gasteiger partial charge in [-0.25, -0.2) is 0 Å². The Morgan fingerprint density at radius 2 is 1.79 bits per heavy atom. The summed E-state index contributed by atoms with van der Waals surface area (Å²) in [4.78, 5) is 0. The third-order valence-electron chi connectivity index (χ3n) is 5.20. The van der Waals surface area contributed by atoms with Crippen molar-refractivity contribution < 1.29 is 14.2 Å². The molecule has 3 nitrogen and oxygen atoms in total. The first-order chi connectivity index (χ1) is 13.8. The van der Waals surface area contributed by atoms with E-state index in [1.165, 1.54) is 12.0 Å². The Morgan fingerprint density at radius 1 is 1.00 bits per heavy atom. The van der Waals surface area contributed by atoms with E-state index in [1.54, 1.807) is 0 Å². The number of halogens is 1.